The number of amides is 1. The molecule has 0 aromatic heterocycles. The van der Waals surface area contributed by atoms with Gasteiger partial charge in [0.05, 0.1) is 13.4 Å². The highest BCUT2D eigenvalue weighted by Gasteiger charge is 2.16. The average molecular weight is 382 g/mol. The molecule has 0 heterocycles. The number of esters is 1. The van der Waals surface area contributed by atoms with Gasteiger partial charge in [-0.2, -0.15) is 0 Å². The zero-order chi connectivity index (χ0) is 19.7. The molecule has 7 nitrogen and oxygen atoms in total. The fourth-order valence-electron chi connectivity index (χ4n) is 2.12. The molecular formula is C18H26N2O5S. The van der Waals surface area contributed by atoms with Crippen LogP contribution in [-0.4, -0.2) is 57.6 Å². The molecular weight excluding hydrogens is 356 g/mol. The van der Waals surface area contributed by atoms with Crippen molar-refractivity contribution in [3.05, 3.63) is 41.5 Å². The Kier molecular flexibility index (Phi) is 8.47. The lowest BCUT2D eigenvalue weighted by Gasteiger charge is -2.12. The molecule has 1 aromatic carbocycles. The smallest absolute Gasteiger partial charge is 0.328 e. The first kappa shape index (κ1) is 21.9. The Labute approximate surface area is 155 Å². The van der Waals surface area contributed by atoms with E-state index in [0.717, 1.165) is 12.0 Å². The fourth-order valence-corrected chi connectivity index (χ4v) is 2.58. The number of carbonyl (C=O) groups excluding carboxylic acids is 2. The number of unbranched alkanes of at least 4 members (excludes halogenated alkanes) is 1. The van der Waals surface area contributed by atoms with Gasteiger partial charge in [-0.05, 0) is 37.5 Å². The lowest BCUT2D eigenvalue weighted by Crippen LogP contribution is -2.39. The Morgan fingerprint density at radius 2 is 2.04 bits per heavy atom. The molecule has 1 amide bonds. The van der Waals surface area contributed by atoms with Gasteiger partial charge in [0.15, 0.2) is 0 Å². The molecule has 26 heavy (non-hydrogen) atoms. The maximum Gasteiger partial charge on any atom is 0.328 e. The Hall–Kier alpha value is -2.19. The first-order valence-electron chi connectivity index (χ1n) is 8.21. The maximum absolute atomic E-state index is 12.2. The summed E-state index contributed by atoms with van der Waals surface area (Å²) >= 11 is 0. The van der Waals surface area contributed by atoms with Gasteiger partial charge >= 0.3 is 5.97 Å². The van der Waals surface area contributed by atoms with Crippen LogP contribution in [0.5, 0.6) is 0 Å². The first-order valence-corrected chi connectivity index (χ1v) is 10.1. The van der Waals surface area contributed by atoms with E-state index in [1.54, 1.807) is 32.2 Å². The summed E-state index contributed by atoms with van der Waals surface area (Å²) in [7, 11) is -0.324. The van der Waals surface area contributed by atoms with E-state index in [2.05, 4.69) is 10.1 Å². The third-order valence-electron chi connectivity index (χ3n) is 3.77. The predicted molar refractivity (Wildman–Crippen MR) is 101 cm³/mol. The van der Waals surface area contributed by atoms with Crippen LogP contribution in [0.3, 0.4) is 0 Å². The highest BCUT2D eigenvalue weighted by atomic mass is 32.2. The largest absolute Gasteiger partial charge is 0.467 e. The molecule has 0 unspecified atom stereocenters. The molecule has 144 valence electrons. The molecule has 1 N–H and O–H groups in total. The van der Waals surface area contributed by atoms with Crippen molar-refractivity contribution >= 4 is 28.0 Å². The second kappa shape index (κ2) is 10.1. The number of carbonyl (C=O) groups is 2. The van der Waals surface area contributed by atoms with Gasteiger partial charge in [0.1, 0.15) is 6.04 Å². The third kappa shape index (κ3) is 7.37. The van der Waals surface area contributed by atoms with E-state index < -0.39 is 22.0 Å². The summed E-state index contributed by atoms with van der Waals surface area (Å²) in [4.78, 5) is 23.5. The van der Waals surface area contributed by atoms with E-state index >= 15 is 0 Å². The second-order valence-corrected chi connectivity index (χ2v) is 8.06. The standard InChI is InChI=1S/C18H26N2O5S/c1-14(18(22)25-3)19-17(21)16-11-8-10-15(13-16)9-6-5-7-12-20(2)26(4,23)24/h6,8-11,13-14H,5,7,12H2,1-4H3,(H,19,21)/t14-/m1/s1. The molecule has 0 aliphatic heterocycles. The van der Waals surface area contributed by atoms with Crippen LogP contribution >= 0.6 is 0 Å². The zero-order valence-corrected chi connectivity index (χ0v) is 16.4. The number of nitrogens with one attached hydrogen (secondary N) is 1. The highest BCUT2D eigenvalue weighted by Crippen LogP contribution is 2.09. The summed E-state index contributed by atoms with van der Waals surface area (Å²) in [5.74, 6) is -0.860. The molecule has 8 heteroatoms. The minimum absolute atomic E-state index is 0.354. The normalized spacial score (nSPS) is 13.0. The molecule has 1 aromatic rings. The number of hydrogen-bond donors (Lipinski definition) is 1. The fraction of sp³-hybridized carbons (Fsp3) is 0.444. The number of nitrogens with zero attached hydrogens (tertiary/aromatic N) is 1. The van der Waals surface area contributed by atoms with Crippen LogP contribution in [0.4, 0.5) is 0 Å². The molecule has 0 radical (unpaired) electrons. The summed E-state index contributed by atoms with van der Waals surface area (Å²) in [5, 5.41) is 2.58. The van der Waals surface area contributed by atoms with Gasteiger partial charge in [0.25, 0.3) is 5.91 Å². The van der Waals surface area contributed by atoms with Gasteiger partial charge in [0, 0.05) is 19.2 Å². The van der Waals surface area contributed by atoms with Gasteiger partial charge < -0.3 is 10.1 Å². The van der Waals surface area contributed by atoms with Crippen LogP contribution in [0, 0.1) is 0 Å². The van der Waals surface area contributed by atoms with Crippen molar-refractivity contribution in [2.24, 2.45) is 0 Å². The molecule has 0 saturated carbocycles. The van der Waals surface area contributed by atoms with Crippen LogP contribution in [0.25, 0.3) is 6.08 Å². The molecule has 0 saturated heterocycles. The van der Waals surface area contributed by atoms with Crippen molar-refractivity contribution < 1.29 is 22.7 Å². The van der Waals surface area contributed by atoms with Gasteiger partial charge in [-0.3, -0.25) is 4.79 Å². The molecule has 1 rings (SSSR count). The van der Waals surface area contributed by atoms with Crippen LogP contribution in [0.1, 0.15) is 35.7 Å². The monoisotopic (exact) mass is 382 g/mol. The Balaban J connectivity index is 2.58. The van der Waals surface area contributed by atoms with Gasteiger partial charge in [-0.25, -0.2) is 17.5 Å². The topological polar surface area (TPSA) is 92.8 Å². The second-order valence-electron chi connectivity index (χ2n) is 5.97. The summed E-state index contributed by atoms with van der Waals surface area (Å²) < 4.78 is 28.5. The van der Waals surface area contributed by atoms with Crippen LogP contribution in [-0.2, 0) is 19.6 Å². The van der Waals surface area contributed by atoms with Crippen molar-refractivity contribution in [2.75, 3.05) is 27.0 Å². The van der Waals surface area contributed by atoms with Crippen molar-refractivity contribution in [1.82, 2.24) is 9.62 Å². The summed E-state index contributed by atoms with van der Waals surface area (Å²) in [6, 6.07) is 6.28. The first-order chi connectivity index (χ1) is 12.1. The lowest BCUT2D eigenvalue weighted by molar-refractivity contribution is -0.142. The number of rotatable bonds is 9. The Morgan fingerprint density at radius 1 is 1.35 bits per heavy atom. The molecule has 0 aliphatic rings. The number of ether oxygens (including phenoxy) is 1. The van der Waals surface area contributed by atoms with Crippen LogP contribution in [0.15, 0.2) is 30.3 Å². The SMILES string of the molecule is COC(=O)[C@@H](C)NC(=O)c1cccc(C=CCCCN(C)S(C)(=O)=O)c1. The van der Waals surface area contributed by atoms with E-state index in [-0.39, 0.29) is 5.91 Å². The van der Waals surface area contributed by atoms with E-state index in [4.69, 9.17) is 0 Å². The number of methoxy groups -OCH3 is 1. The van der Waals surface area contributed by atoms with Gasteiger partial charge in [-0.15, -0.1) is 0 Å². The van der Waals surface area contributed by atoms with Crippen LogP contribution in [0.2, 0.25) is 0 Å². The molecule has 0 spiro atoms. The number of hydrogen-bond acceptors (Lipinski definition) is 5. The van der Waals surface area contributed by atoms with E-state index in [1.165, 1.54) is 17.7 Å². The third-order valence-corrected chi connectivity index (χ3v) is 5.09. The van der Waals surface area contributed by atoms with Crippen molar-refractivity contribution in [2.45, 2.75) is 25.8 Å². The average Bonchev–Trinajstić information content (AvgIpc) is 2.59. The predicted octanol–water partition coefficient (Wildman–Crippen LogP) is 1.66. The number of benzene rings is 1. The van der Waals surface area contributed by atoms with Crippen molar-refractivity contribution in [3.8, 4) is 0 Å². The molecule has 1 atom stereocenters. The van der Waals surface area contributed by atoms with E-state index in [1.807, 2.05) is 18.2 Å². The molecule has 0 aliphatic carbocycles. The maximum atomic E-state index is 12.2. The lowest BCUT2D eigenvalue weighted by atomic mass is 10.1. The summed E-state index contributed by atoms with van der Waals surface area (Å²) in [5.41, 5.74) is 1.29. The zero-order valence-electron chi connectivity index (χ0n) is 15.6. The quantitative estimate of drug-likeness (QED) is 0.518. The van der Waals surface area contributed by atoms with E-state index in [9.17, 15) is 18.0 Å². The summed E-state index contributed by atoms with van der Waals surface area (Å²) in [6.45, 7) is 2.01. The van der Waals surface area contributed by atoms with Gasteiger partial charge in [0.2, 0.25) is 10.0 Å². The van der Waals surface area contributed by atoms with Crippen LogP contribution < -0.4 is 5.32 Å². The van der Waals surface area contributed by atoms with Gasteiger partial charge in [-0.1, -0.05) is 24.3 Å². The Morgan fingerprint density at radius 3 is 2.65 bits per heavy atom. The minimum Gasteiger partial charge on any atom is -0.467 e. The highest BCUT2D eigenvalue weighted by molar-refractivity contribution is 7.88. The molecule has 0 fully saturated rings. The summed E-state index contributed by atoms with van der Waals surface area (Å²) in [6.07, 6.45) is 6.41. The number of allylic oxidation sites excluding steroid dienone is 1. The minimum atomic E-state index is -3.14. The van der Waals surface area contributed by atoms with E-state index in [0.29, 0.717) is 18.5 Å². The molecule has 0 bridgehead atoms. The Bertz CT molecular complexity index is 759. The van der Waals surface area contributed by atoms with Crippen molar-refractivity contribution in [1.29, 1.82) is 0 Å². The van der Waals surface area contributed by atoms with Crippen molar-refractivity contribution in [3.63, 3.8) is 0 Å². The number of sulfonamides is 1.